The molecule has 0 spiro atoms. The Balaban J connectivity index is 2.09. The van der Waals surface area contributed by atoms with Gasteiger partial charge in [0.1, 0.15) is 5.82 Å². The molecule has 0 radical (unpaired) electrons. The van der Waals surface area contributed by atoms with Crippen molar-refractivity contribution in [3.63, 3.8) is 0 Å². The lowest BCUT2D eigenvalue weighted by atomic mass is 9.93. The molecule has 0 bridgehead atoms. The van der Waals surface area contributed by atoms with Crippen LogP contribution in [0.2, 0.25) is 5.02 Å². The predicted molar refractivity (Wildman–Crippen MR) is 74.4 cm³/mol. The summed E-state index contributed by atoms with van der Waals surface area (Å²) in [5.41, 5.74) is 1.02. The van der Waals surface area contributed by atoms with E-state index in [1.165, 1.54) is 25.7 Å². The van der Waals surface area contributed by atoms with Crippen LogP contribution in [0.15, 0.2) is 18.2 Å². The van der Waals surface area contributed by atoms with Crippen molar-refractivity contribution in [1.29, 1.82) is 0 Å². The van der Waals surface area contributed by atoms with Crippen LogP contribution in [-0.4, -0.2) is 6.54 Å². The highest BCUT2D eigenvalue weighted by atomic mass is 35.5. The summed E-state index contributed by atoms with van der Waals surface area (Å²) in [6.45, 7) is 3.00. The zero-order valence-electron chi connectivity index (χ0n) is 10.9. The Morgan fingerprint density at radius 2 is 2.11 bits per heavy atom. The van der Waals surface area contributed by atoms with E-state index >= 15 is 0 Å². The molecule has 1 N–H and O–H groups in total. The summed E-state index contributed by atoms with van der Waals surface area (Å²) in [5.74, 6) is 0.469. The smallest absolute Gasteiger partial charge is 0.142 e. The molecule has 1 atom stereocenters. The van der Waals surface area contributed by atoms with Crippen LogP contribution in [0.5, 0.6) is 0 Å². The zero-order valence-corrected chi connectivity index (χ0v) is 11.6. The molecule has 0 aromatic heterocycles. The Hall–Kier alpha value is -0.600. The monoisotopic (exact) mass is 269 g/mol. The van der Waals surface area contributed by atoms with Gasteiger partial charge in [-0.25, -0.2) is 4.39 Å². The van der Waals surface area contributed by atoms with Crippen LogP contribution in [0.3, 0.4) is 0 Å². The molecule has 0 saturated heterocycles. The molecule has 1 saturated carbocycles. The first-order valence-electron chi connectivity index (χ1n) is 6.89. The van der Waals surface area contributed by atoms with E-state index in [2.05, 4.69) is 12.2 Å². The van der Waals surface area contributed by atoms with Gasteiger partial charge in [-0.3, -0.25) is 0 Å². The molecule has 2 rings (SSSR count). The number of halogens is 2. The van der Waals surface area contributed by atoms with Crippen LogP contribution in [0.25, 0.3) is 0 Å². The van der Waals surface area contributed by atoms with Gasteiger partial charge in [-0.15, -0.1) is 0 Å². The van der Waals surface area contributed by atoms with Crippen LogP contribution in [0.4, 0.5) is 4.39 Å². The molecule has 1 fully saturated rings. The summed E-state index contributed by atoms with van der Waals surface area (Å²) in [6, 6.07) is 5.42. The lowest BCUT2D eigenvalue weighted by Gasteiger charge is -2.22. The van der Waals surface area contributed by atoms with E-state index in [0.29, 0.717) is 0 Å². The molecule has 0 heterocycles. The van der Waals surface area contributed by atoms with Crippen LogP contribution in [-0.2, 0) is 0 Å². The van der Waals surface area contributed by atoms with Gasteiger partial charge in [-0.2, -0.15) is 0 Å². The van der Waals surface area contributed by atoms with Crippen LogP contribution < -0.4 is 5.32 Å². The van der Waals surface area contributed by atoms with Gasteiger partial charge >= 0.3 is 0 Å². The van der Waals surface area contributed by atoms with E-state index in [4.69, 9.17) is 11.6 Å². The van der Waals surface area contributed by atoms with Crippen LogP contribution in [0.1, 0.15) is 50.6 Å². The predicted octanol–water partition coefficient (Wildman–Crippen LogP) is 4.71. The Morgan fingerprint density at radius 3 is 2.72 bits per heavy atom. The first-order valence-corrected chi connectivity index (χ1v) is 7.26. The average molecular weight is 270 g/mol. The summed E-state index contributed by atoms with van der Waals surface area (Å²) in [6.07, 6.45) is 6.43. The standard InChI is InChI=1S/C15H21ClFN/c1-2-18-15(9-11-5-3-4-6-11)12-7-8-13(16)14(17)10-12/h7-8,10-11,15,18H,2-6,9H2,1H3. The fourth-order valence-electron chi connectivity index (χ4n) is 2.89. The third kappa shape index (κ3) is 3.46. The maximum atomic E-state index is 13.5. The first kappa shape index (κ1) is 13.8. The summed E-state index contributed by atoms with van der Waals surface area (Å²) in [5, 5.41) is 3.67. The molecule has 0 aliphatic heterocycles. The number of hydrogen-bond acceptors (Lipinski definition) is 1. The highest BCUT2D eigenvalue weighted by molar-refractivity contribution is 6.30. The molecule has 0 amide bonds. The topological polar surface area (TPSA) is 12.0 Å². The van der Waals surface area contributed by atoms with Gasteiger partial charge in [0.15, 0.2) is 0 Å². The summed E-state index contributed by atoms with van der Waals surface area (Å²) < 4.78 is 13.5. The number of benzene rings is 1. The van der Waals surface area contributed by atoms with Gasteiger partial charge < -0.3 is 5.32 Å². The zero-order chi connectivity index (χ0) is 13.0. The van der Waals surface area contributed by atoms with Crippen LogP contribution >= 0.6 is 11.6 Å². The molecule has 100 valence electrons. The molecular formula is C15H21ClFN. The fraction of sp³-hybridized carbons (Fsp3) is 0.600. The normalized spacial score (nSPS) is 18.2. The molecular weight excluding hydrogens is 249 g/mol. The van der Waals surface area contributed by atoms with E-state index in [9.17, 15) is 4.39 Å². The summed E-state index contributed by atoms with van der Waals surface area (Å²) in [7, 11) is 0. The van der Waals surface area contributed by atoms with E-state index in [-0.39, 0.29) is 16.9 Å². The molecule has 1 aliphatic rings. The Kier molecular flexibility index (Phi) is 5.02. The highest BCUT2D eigenvalue weighted by Gasteiger charge is 2.21. The molecule has 1 aliphatic carbocycles. The van der Waals surface area contributed by atoms with E-state index < -0.39 is 0 Å². The summed E-state index contributed by atoms with van der Waals surface area (Å²) in [4.78, 5) is 0. The van der Waals surface area contributed by atoms with Crippen molar-refractivity contribution in [3.8, 4) is 0 Å². The highest BCUT2D eigenvalue weighted by Crippen LogP contribution is 2.33. The average Bonchev–Trinajstić information content (AvgIpc) is 2.85. The molecule has 3 heteroatoms. The largest absolute Gasteiger partial charge is 0.310 e. The van der Waals surface area contributed by atoms with Crippen molar-refractivity contribution in [3.05, 3.63) is 34.6 Å². The van der Waals surface area contributed by atoms with Gasteiger partial charge in [-0.05, 0) is 36.6 Å². The third-order valence-electron chi connectivity index (χ3n) is 3.84. The number of nitrogens with one attached hydrogen (secondary N) is 1. The molecule has 1 aromatic carbocycles. The van der Waals surface area contributed by atoms with Crippen molar-refractivity contribution in [2.24, 2.45) is 5.92 Å². The fourth-order valence-corrected chi connectivity index (χ4v) is 3.01. The first-order chi connectivity index (χ1) is 8.70. The van der Waals surface area contributed by atoms with Gasteiger partial charge in [0.25, 0.3) is 0 Å². The number of rotatable bonds is 5. The van der Waals surface area contributed by atoms with Crippen molar-refractivity contribution in [2.45, 2.75) is 45.1 Å². The Labute approximate surface area is 114 Å². The maximum Gasteiger partial charge on any atom is 0.142 e. The summed E-state index contributed by atoms with van der Waals surface area (Å²) >= 11 is 5.74. The second-order valence-electron chi connectivity index (χ2n) is 5.17. The quantitative estimate of drug-likeness (QED) is 0.816. The second-order valence-corrected chi connectivity index (χ2v) is 5.58. The molecule has 1 aromatic rings. The van der Waals surface area contributed by atoms with E-state index in [1.807, 2.05) is 6.07 Å². The van der Waals surface area contributed by atoms with Crippen molar-refractivity contribution in [1.82, 2.24) is 5.32 Å². The van der Waals surface area contributed by atoms with E-state index in [1.54, 1.807) is 12.1 Å². The maximum absolute atomic E-state index is 13.5. The lowest BCUT2D eigenvalue weighted by molar-refractivity contribution is 0.399. The Morgan fingerprint density at radius 1 is 1.39 bits per heavy atom. The molecule has 1 nitrogen and oxygen atoms in total. The van der Waals surface area contributed by atoms with E-state index in [0.717, 1.165) is 24.4 Å². The molecule has 1 unspecified atom stereocenters. The minimum atomic E-state index is -0.316. The minimum Gasteiger partial charge on any atom is -0.310 e. The Bertz CT molecular complexity index is 388. The van der Waals surface area contributed by atoms with Crippen molar-refractivity contribution >= 4 is 11.6 Å². The van der Waals surface area contributed by atoms with Gasteiger partial charge in [-0.1, -0.05) is 50.3 Å². The van der Waals surface area contributed by atoms with Crippen LogP contribution in [0, 0.1) is 11.7 Å². The minimum absolute atomic E-state index is 0.204. The lowest BCUT2D eigenvalue weighted by Crippen LogP contribution is -2.23. The SMILES string of the molecule is CCNC(CC1CCCC1)c1ccc(Cl)c(F)c1. The van der Waals surface area contributed by atoms with Crippen molar-refractivity contribution < 1.29 is 4.39 Å². The van der Waals surface area contributed by atoms with Gasteiger partial charge in [0.2, 0.25) is 0 Å². The third-order valence-corrected chi connectivity index (χ3v) is 4.15. The molecule has 18 heavy (non-hydrogen) atoms. The van der Waals surface area contributed by atoms with Gasteiger partial charge in [0.05, 0.1) is 5.02 Å². The second kappa shape index (κ2) is 6.53. The number of hydrogen-bond donors (Lipinski definition) is 1. The van der Waals surface area contributed by atoms with Crippen molar-refractivity contribution in [2.75, 3.05) is 6.54 Å². The van der Waals surface area contributed by atoms with Gasteiger partial charge in [0, 0.05) is 6.04 Å².